The fourth-order valence-electron chi connectivity index (χ4n) is 1.76. The normalized spacial score (nSPS) is 10.2. The van der Waals surface area contributed by atoms with Crippen molar-refractivity contribution in [1.29, 1.82) is 0 Å². The van der Waals surface area contributed by atoms with Crippen LogP contribution in [0.15, 0.2) is 49.2 Å². The molecule has 2 aromatic rings. The lowest BCUT2D eigenvalue weighted by Gasteiger charge is -1.98. The molecular weight excluding hydrogens is 204 g/mol. The van der Waals surface area contributed by atoms with E-state index < -0.39 is 5.03 Å². The Morgan fingerprint density at radius 3 is 2.81 bits per heavy atom. The van der Waals surface area contributed by atoms with Gasteiger partial charge in [0.15, 0.2) is 0 Å². The standard InChI is InChI=1S/C12H11N2O2/c1-2-5-12-11-7-4-3-6-10(11)8-9-13(12)14(15)16/h2-4,6-9H,1,5H2/q+1. The molecule has 0 aliphatic rings. The quantitative estimate of drug-likeness (QED) is 0.340. The van der Waals surface area contributed by atoms with Crippen LogP contribution >= 0.6 is 0 Å². The minimum Gasteiger partial charge on any atom is -0.198 e. The minimum atomic E-state index is -0.425. The predicted octanol–water partition coefficient (Wildman–Crippen LogP) is 1.90. The second-order valence-corrected chi connectivity index (χ2v) is 3.42. The first-order chi connectivity index (χ1) is 7.74. The van der Waals surface area contributed by atoms with Crippen LogP contribution in [-0.4, -0.2) is 5.03 Å². The van der Waals surface area contributed by atoms with E-state index in [0.29, 0.717) is 12.1 Å². The van der Waals surface area contributed by atoms with E-state index in [4.69, 9.17) is 0 Å². The summed E-state index contributed by atoms with van der Waals surface area (Å²) in [5.74, 6) is 0. The van der Waals surface area contributed by atoms with Crippen LogP contribution in [0.2, 0.25) is 0 Å². The summed E-state index contributed by atoms with van der Waals surface area (Å²) in [7, 11) is 0. The maximum Gasteiger partial charge on any atom is 0.327 e. The van der Waals surface area contributed by atoms with Gasteiger partial charge in [-0.3, -0.25) is 0 Å². The van der Waals surface area contributed by atoms with Gasteiger partial charge in [-0.25, -0.2) is 0 Å². The smallest absolute Gasteiger partial charge is 0.198 e. The average Bonchev–Trinajstić information content (AvgIpc) is 2.29. The molecule has 0 fully saturated rings. The Hall–Kier alpha value is -2.23. The fraction of sp³-hybridized carbons (Fsp3) is 0.0833. The van der Waals surface area contributed by atoms with Gasteiger partial charge < -0.3 is 0 Å². The van der Waals surface area contributed by atoms with Crippen LogP contribution in [0.1, 0.15) is 5.69 Å². The molecule has 0 aliphatic carbocycles. The molecule has 0 saturated heterocycles. The molecule has 4 nitrogen and oxygen atoms in total. The summed E-state index contributed by atoms with van der Waals surface area (Å²) in [6, 6.07) is 9.35. The third kappa shape index (κ3) is 1.65. The molecule has 0 saturated carbocycles. The average molecular weight is 215 g/mol. The van der Waals surface area contributed by atoms with Crippen molar-refractivity contribution in [3.05, 3.63) is 65.0 Å². The van der Waals surface area contributed by atoms with E-state index in [2.05, 4.69) is 6.58 Å². The van der Waals surface area contributed by atoms with Crippen molar-refractivity contribution in [3.8, 4) is 0 Å². The number of pyridine rings is 1. The number of hydrogen-bond donors (Lipinski definition) is 0. The molecular formula is C12H11N2O2+. The van der Waals surface area contributed by atoms with E-state index in [-0.39, 0.29) is 0 Å². The number of hydrogen-bond acceptors (Lipinski definition) is 2. The van der Waals surface area contributed by atoms with Crippen molar-refractivity contribution < 1.29 is 9.71 Å². The molecule has 2 rings (SSSR count). The molecule has 4 heteroatoms. The van der Waals surface area contributed by atoms with Crippen LogP contribution in [0, 0.1) is 10.1 Å². The number of aromatic nitrogens is 1. The summed E-state index contributed by atoms with van der Waals surface area (Å²) in [5, 5.41) is 12.3. The first-order valence-corrected chi connectivity index (χ1v) is 4.92. The molecule has 0 unspecified atom stereocenters. The van der Waals surface area contributed by atoms with Crippen LogP contribution in [-0.2, 0) is 6.42 Å². The summed E-state index contributed by atoms with van der Waals surface area (Å²) < 4.78 is 1.05. The molecule has 0 atom stereocenters. The molecule has 16 heavy (non-hydrogen) atoms. The van der Waals surface area contributed by atoms with E-state index in [1.165, 1.54) is 6.20 Å². The zero-order chi connectivity index (χ0) is 11.5. The van der Waals surface area contributed by atoms with Gasteiger partial charge in [-0.2, -0.15) is 10.1 Å². The number of benzene rings is 1. The van der Waals surface area contributed by atoms with Gasteiger partial charge in [0.05, 0.1) is 11.8 Å². The molecule has 1 heterocycles. The highest BCUT2D eigenvalue weighted by Crippen LogP contribution is 2.15. The number of rotatable bonds is 3. The van der Waals surface area contributed by atoms with Crippen LogP contribution in [0.25, 0.3) is 10.8 Å². The lowest BCUT2D eigenvalue weighted by Crippen LogP contribution is -2.45. The van der Waals surface area contributed by atoms with Crippen molar-refractivity contribution in [2.75, 3.05) is 0 Å². The van der Waals surface area contributed by atoms with Gasteiger partial charge in [-0.15, -0.1) is 6.58 Å². The highest BCUT2D eigenvalue weighted by atomic mass is 16.7. The Balaban J connectivity index is 2.78. The first-order valence-electron chi connectivity index (χ1n) is 4.92. The zero-order valence-electron chi connectivity index (χ0n) is 8.67. The molecule has 0 aliphatic heterocycles. The van der Waals surface area contributed by atoms with Gasteiger partial charge in [-0.1, -0.05) is 24.3 Å². The number of nitrogens with zero attached hydrogens (tertiary/aromatic N) is 2. The third-order valence-electron chi connectivity index (χ3n) is 2.46. The van der Waals surface area contributed by atoms with Crippen molar-refractivity contribution in [1.82, 2.24) is 0 Å². The Bertz CT molecular complexity index is 564. The molecule has 1 aromatic carbocycles. The van der Waals surface area contributed by atoms with Crippen LogP contribution in [0.5, 0.6) is 0 Å². The van der Waals surface area contributed by atoms with E-state index >= 15 is 0 Å². The lowest BCUT2D eigenvalue weighted by molar-refractivity contribution is -1.19. The molecule has 1 aromatic heterocycles. The predicted molar refractivity (Wildman–Crippen MR) is 60.4 cm³/mol. The summed E-state index contributed by atoms with van der Waals surface area (Å²) in [5.41, 5.74) is 0.651. The van der Waals surface area contributed by atoms with E-state index in [1.807, 2.05) is 24.3 Å². The maximum absolute atomic E-state index is 10.9. The molecule has 0 radical (unpaired) electrons. The Kier molecular flexibility index (Phi) is 2.64. The summed E-state index contributed by atoms with van der Waals surface area (Å²) in [4.78, 5) is 10.9. The number of allylic oxidation sites excluding steroid dienone is 1. The molecule has 0 N–H and O–H groups in total. The van der Waals surface area contributed by atoms with Crippen LogP contribution < -0.4 is 4.68 Å². The van der Waals surface area contributed by atoms with E-state index in [1.54, 1.807) is 12.1 Å². The largest absolute Gasteiger partial charge is 0.327 e. The molecule has 80 valence electrons. The fourth-order valence-corrected chi connectivity index (χ4v) is 1.76. The molecule has 0 bridgehead atoms. The third-order valence-corrected chi connectivity index (χ3v) is 2.46. The Labute approximate surface area is 92.6 Å². The van der Waals surface area contributed by atoms with Crippen molar-refractivity contribution in [2.24, 2.45) is 0 Å². The highest BCUT2D eigenvalue weighted by Gasteiger charge is 2.22. The maximum atomic E-state index is 10.9. The Morgan fingerprint density at radius 1 is 1.38 bits per heavy atom. The van der Waals surface area contributed by atoms with Crippen molar-refractivity contribution in [3.63, 3.8) is 0 Å². The van der Waals surface area contributed by atoms with Crippen LogP contribution in [0.3, 0.4) is 0 Å². The van der Waals surface area contributed by atoms with Gasteiger partial charge in [-0.05, 0) is 11.5 Å². The number of fused-ring (bicyclic) bond motifs is 1. The summed E-state index contributed by atoms with van der Waals surface area (Å²) in [6.45, 7) is 3.63. The van der Waals surface area contributed by atoms with Crippen molar-refractivity contribution >= 4 is 10.8 Å². The van der Waals surface area contributed by atoms with Crippen molar-refractivity contribution in [2.45, 2.75) is 6.42 Å². The minimum absolute atomic E-state index is 0.425. The summed E-state index contributed by atoms with van der Waals surface area (Å²) in [6.07, 6.45) is 3.62. The van der Waals surface area contributed by atoms with E-state index in [0.717, 1.165) is 15.4 Å². The van der Waals surface area contributed by atoms with Gasteiger partial charge in [0.2, 0.25) is 6.20 Å². The van der Waals surface area contributed by atoms with E-state index in [9.17, 15) is 10.1 Å². The second kappa shape index (κ2) is 4.10. The zero-order valence-corrected chi connectivity index (χ0v) is 8.67. The lowest BCUT2D eigenvalue weighted by atomic mass is 10.1. The molecule has 0 spiro atoms. The van der Waals surface area contributed by atoms with Gasteiger partial charge >= 0.3 is 5.03 Å². The molecule has 0 amide bonds. The van der Waals surface area contributed by atoms with Crippen LogP contribution in [0.4, 0.5) is 0 Å². The highest BCUT2D eigenvalue weighted by molar-refractivity contribution is 5.83. The SMILES string of the molecule is C=CCc1c2ccccc2cc[n+]1[N+](=O)[O-]. The number of nitro groups is 1. The summed E-state index contributed by atoms with van der Waals surface area (Å²) >= 11 is 0. The topological polar surface area (TPSA) is 47.0 Å². The Morgan fingerprint density at radius 2 is 2.12 bits per heavy atom. The first kappa shape index (κ1) is 10.3. The second-order valence-electron chi connectivity index (χ2n) is 3.42. The van der Waals surface area contributed by atoms with Gasteiger partial charge in [0.1, 0.15) is 4.68 Å². The monoisotopic (exact) mass is 215 g/mol. The van der Waals surface area contributed by atoms with Gasteiger partial charge in [0, 0.05) is 6.07 Å². The van der Waals surface area contributed by atoms with Gasteiger partial charge in [0.25, 0.3) is 5.69 Å².